The van der Waals surface area contributed by atoms with Crippen molar-refractivity contribution in [3.63, 3.8) is 0 Å². The summed E-state index contributed by atoms with van der Waals surface area (Å²) < 4.78 is 23.5. The highest BCUT2D eigenvalue weighted by molar-refractivity contribution is 7.86. The van der Waals surface area contributed by atoms with Gasteiger partial charge in [-0.25, -0.2) is 0 Å². The van der Waals surface area contributed by atoms with E-state index in [2.05, 4.69) is 10.6 Å². The van der Waals surface area contributed by atoms with Crippen LogP contribution in [0.5, 0.6) is 11.5 Å². The number of fused-ring (bicyclic) bond motifs is 2. The number of benzene rings is 3. The summed E-state index contributed by atoms with van der Waals surface area (Å²) in [5, 5.41) is 7.26. The van der Waals surface area contributed by atoms with Gasteiger partial charge >= 0.3 is 0 Å². The third-order valence-electron chi connectivity index (χ3n) is 5.79. The van der Waals surface area contributed by atoms with E-state index in [0.29, 0.717) is 22.9 Å². The third-order valence-corrected chi connectivity index (χ3v) is 6.95. The molecular formula is C28H31N3O6S. The summed E-state index contributed by atoms with van der Waals surface area (Å²) in [5.74, 6) is -1.10. The van der Waals surface area contributed by atoms with Crippen LogP contribution in [-0.2, 0) is 25.2 Å². The van der Waals surface area contributed by atoms with Crippen molar-refractivity contribution in [3.8, 4) is 11.5 Å². The molecule has 1 aliphatic heterocycles. The predicted molar refractivity (Wildman–Crippen MR) is 148 cm³/mol. The van der Waals surface area contributed by atoms with Crippen molar-refractivity contribution in [2.24, 2.45) is 0 Å². The molecule has 0 saturated heterocycles. The summed E-state index contributed by atoms with van der Waals surface area (Å²) in [6.07, 6.45) is 0. The molecule has 0 aromatic heterocycles. The first-order chi connectivity index (χ1) is 18.0. The summed E-state index contributed by atoms with van der Waals surface area (Å²) in [4.78, 5) is 40.6. The van der Waals surface area contributed by atoms with Crippen molar-refractivity contribution in [1.29, 1.82) is 0 Å². The lowest BCUT2D eigenvalue weighted by Crippen LogP contribution is -2.53. The van der Waals surface area contributed by atoms with Gasteiger partial charge in [0.1, 0.15) is 17.5 Å². The van der Waals surface area contributed by atoms with Gasteiger partial charge in [0.2, 0.25) is 24.5 Å². The fourth-order valence-corrected chi connectivity index (χ4v) is 5.03. The van der Waals surface area contributed by atoms with Crippen LogP contribution in [0.25, 0.3) is 10.8 Å². The summed E-state index contributed by atoms with van der Waals surface area (Å²) in [5.41, 5.74) is 0.493. The standard InChI is InChI=1S/C28H31N3O6S/c1-18(27(34)30-28(2,3)4)31(22-11-7-9-19-8-5-6-10-21(19)22)26(33)16-38(35)15-25(32)29-20-12-13-23-24(14-20)37-17-36-23/h5-14,18H,15-17H2,1-4H3,(H,29,32)(H,30,34)/t18-,38-/m0/s1. The summed E-state index contributed by atoms with van der Waals surface area (Å²) in [6, 6.07) is 17.1. The van der Waals surface area contributed by atoms with Crippen LogP contribution in [0.1, 0.15) is 27.7 Å². The molecule has 0 bridgehead atoms. The first-order valence-corrected chi connectivity index (χ1v) is 13.7. The summed E-state index contributed by atoms with van der Waals surface area (Å²) >= 11 is 0. The molecule has 200 valence electrons. The normalized spacial score (nSPS) is 14.0. The van der Waals surface area contributed by atoms with E-state index in [9.17, 15) is 18.6 Å². The number of carbonyl (C=O) groups excluding carboxylic acids is 3. The maximum atomic E-state index is 13.6. The Balaban J connectivity index is 1.51. The van der Waals surface area contributed by atoms with Crippen LogP contribution < -0.4 is 25.0 Å². The third kappa shape index (κ3) is 6.49. The number of anilines is 2. The molecule has 38 heavy (non-hydrogen) atoms. The molecule has 10 heteroatoms. The Morgan fingerprint density at radius 2 is 1.68 bits per heavy atom. The van der Waals surface area contributed by atoms with Crippen LogP contribution in [0, 0.1) is 0 Å². The molecule has 0 radical (unpaired) electrons. The number of nitrogens with one attached hydrogen (secondary N) is 2. The van der Waals surface area contributed by atoms with Gasteiger partial charge in [0.25, 0.3) is 0 Å². The maximum Gasteiger partial charge on any atom is 0.243 e. The lowest BCUT2D eigenvalue weighted by atomic mass is 10.1. The van der Waals surface area contributed by atoms with Gasteiger partial charge in [-0.05, 0) is 51.3 Å². The average Bonchev–Trinajstić information content (AvgIpc) is 3.31. The molecule has 3 aromatic carbocycles. The van der Waals surface area contributed by atoms with Gasteiger partial charge in [-0.15, -0.1) is 0 Å². The van der Waals surface area contributed by atoms with Gasteiger partial charge in [-0.2, -0.15) is 0 Å². The zero-order valence-corrected chi connectivity index (χ0v) is 22.6. The molecule has 3 amide bonds. The Bertz CT molecular complexity index is 1400. The second-order valence-electron chi connectivity index (χ2n) is 10.0. The minimum Gasteiger partial charge on any atom is -0.454 e. The molecule has 0 fully saturated rings. The van der Waals surface area contributed by atoms with Crippen molar-refractivity contribution in [2.75, 3.05) is 28.5 Å². The molecule has 9 nitrogen and oxygen atoms in total. The van der Waals surface area contributed by atoms with Crippen LogP contribution in [-0.4, -0.2) is 51.8 Å². The van der Waals surface area contributed by atoms with Crippen molar-refractivity contribution in [2.45, 2.75) is 39.3 Å². The van der Waals surface area contributed by atoms with Crippen LogP contribution in [0.4, 0.5) is 11.4 Å². The number of hydrogen-bond donors (Lipinski definition) is 2. The van der Waals surface area contributed by atoms with Crippen LogP contribution >= 0.6 is 0 Å². The lowest BCUT2D eigenvalue weighted by molar-refractivity contribution is -0.126. The summed E-state index contributed by atoms with van der Waals surface area (Å²) in [6.45, 7) is 7.31. The molecule has 3 aromatic rings. The van der Waals surface area contributed by atoms with E-state index in [0.717, 1.165) is 10.8 Å². The van der Waals surface area contributed by atoms with E-state index in [1.165, 1.54) is 4.90 Å². The van der Waals surface area contributed by atoms with E-state index in [-0.39, 0.29) is 18.5 Å². The number of amides is 3. The zero-order chi connectivity index (χ0) is 27.4. The van der Waals surface area contributed by atoms with Crippen LogP contribution in [0.2, 0.25) is 0 Å². The fraction of sp³-hybridized carbons (Fsp3) is 0.321. The molecule has 0 spiro atoms. The van der Waals surface area contributed by atoms with Gasteiger partial charge in [-0.1, -0.05) is 36.4 Å². The number of hydrogen-bond acceptors (Lipinski definition) is 6. The van der Waals surface area contributed by atoms with Crippen LogP contribution in [0.3, 0.4) is 0 Å². The van der Waals surface area contributed by atoms with E-state index in [4.69, 9.17) is 9.47 Å². The Morgan fingerprint density at radius 3 is 2.45 bits per heavy atom. The van der Waals surface area contributed by atoms with Crippen molar-refractivity contribution in [1.82, 2.24) is 5.32 Å². The van der Waals surface area contributed by atoms with Crippen LogP contribution in [0.15, 0.2) is 60.7 Å². The Hall–Kier alpha value is -3.92. The molecule has 0 unspecified atom stereocenters. The molecule has 4 rings (SSSR count). The Kier molecular flexibility index (Phi) is 8.01. The Labute approximate surface area is 223 Å². The lowest BCUT2D eigenvalue weighted by Gasteiger charge is -2.32. The monoisotopic (exact) mass is 537 g/mol. The van der Waals surface area contributed by atoms with E-state index in [1.54, 1.807) is 31.2 Å². The SMILES string of the molecule is C[C@@H](C(=O)NC(C)(C)C)N(C(=O)C[S@@](=O)CC(=O)Nc1ccc2c(c1)OCO2)c1cccc2ccccc12. The topological polar surface area (TPSA) is 114 Å². The first-order valence-electron chi connectivity index (χ1n) is 12.2. The van der Waals surface area contributed by atoms with Gasteiger partial charge in [0.15, 0.2) is 11.5 Å². The van der Waals surface area contributed by atoms with Crippen molar-refractivity contribution < 1.29 is 28.1 Å². The number of ether oxygens (including phenoxy) is 2. The fourth-order valence-electron chi connectivity index (χ4n) is 4.14. The highest BCUT2D eigenvalue weighted by atomic mass is 32.2. The number of nitrogens with zero attached hydrogens (tertiary/aromatic N) is 1. The van der Waals surface area contributed by atoms with Gasteiger partial charge in [0.05, 0.1) is 5.69 Å². The average molecular weight is 538 g/mol. The first kappa shape index (κ1) is 27.1. The van der Waals surface area contributed by atoms with E-state index in [1.807, 2.05) is 57.2 Å². The molecule has 1 heterocycles. The number of carbonyl (C=O) groups is 3. The maximum absolute atomic E-state index is 13.6. The number of rotatable bonds is 8. The molecule has 1 aliphatic rings. The van der Waals surface area contributed by atoms with Crippen molar-refractivity contribution in [3.05, 3.63) is 60.7 Å². The van der Waals surface area contributed by atoms with Gasteiger partial charge in [0, 0.05) is 33.5 Å². The van der Waals surface area contributed by atoms with Gasteiger partial charge in [-0.3, -0.25) is 23.5 Å². The molecular weight excluding hydrogens is 506 g/mol. The highest BCUT2D eigenvalue weighted by Crippen LogP contribution is 2.34. The summed E-state index contributed by atoms with van der Waals surface area (Å²) in [7, 11) is -1.82. The Morgan fingerprint density at radius 1 is 0.974 bits per heavy atom. The minimum absolute atomic E-state index is 0.109. The quantitative estimate of drug-likeness (QED) is 0.454. The smallest absolute Gasteiger partial charge is 0.243 e. The van der Waals surface area contributed by atoms with E-state index >= 15 is 0 Å². The zero-order valence-electron chi connectivity index (χ0n) is 21.8. The molecule has 2 N–H and O–H groups in total. The molecule has 2 atom stereocenters. The van der Waals surface area contributed by atoms with E-state index < -0.39 is 39.9 Å². The van der Waals surface area contributed by atoms with Crippen molar-refractivity contribution >= 4 is 50.7 Å². The molecule has 0 saturated carbocycles. The largest absolute Gasteiger partial charge is 0.454 e. The van der Waals surface area contributed by atoms with Gasteiger partial charge < -0.3 is 20.1 Å². The minimum atomic E-state index is -1.82. The molecule has 0 aliphatic carbocycles. The predicted octanol–water partition coefficient (Wildman–Crippen LogP) is 3.59. The second kappa shape index (κ2) is 11.2. The second-order valence-corrected chi connectivity index (χ2v) is 11.5. The highest BCUT2D eigenvalue weighted by Gasteiger charge is 2.31.